The second-order valence-corrected chi connectivity index (χ2v) is 9.61. The fourth-order valence-electron chi connectivity index (χ4n) is 2.80. The molecular formula is C21H27N3O2S2. The van der Waals surface area contributed by atoms with Crippen LogP contribution in [0.2, 0.25) is 0 Å². The fraction of sp³-hybridized carbons (Fsp3) is 0.429. The number of nitrogens with one attached hydrogen (secondary N) is 1. The number of amides is 1. The molecule has 3 aromatic heterocycles. The molecule has 0 atom stereocenters. The zero-order valence-corrected chi connectivity index (χ0v) is 18.2. The molecule has 1 N–H and O–H groups in total. The average molecular weight is 418 g/mol. The molecule has 3 aromatic rings. The zero-order valence-electron chi connectivity index (χ0n) is 16.6. The zero-order chi connectivity index (χ0) is 19.9. The summed E-state index contributed by atoms with van der Waals surface area (Å²) in [6, 6.07) is 8.03. The first-order valence-corrected chi connectivity index (χ1v) is 11.2. The molecule has 28 heavy (non-hydrogen) atoms. The van der Waals surface area contributed by atoms with E-state index in [2.05, 4.69) is 48.1 Å². The van der Waals surface area contributed by atoms with E-state index in [0.717, 1.165) is 36.8 Å². The Kier molecular flexibility index (Phi) is 7.42. The summed E-state index contributed by atoms with van der Waals surface area (Å²) in [5, 5.41) is 5.66. The van der Waals surface area contributed by atoms with E-state index in [1.165, 1.54) is 9.75 Å². The van der Waals surface area contributed by atoms with Crippen LogP contribution in [0.25, 0.3) is 0 Å². The Morgan fingerprint density at radius 2 is 2.14 bits per heavy atom. The third kappa shape index (κ3) is 6.29. The maximum Gasteiger partial charge on any atom is 0.271 e. The van der Waals surface area contributed by atoms with Crippen LogP contribution in [-0.2, 0) is 19.6 Å². The number of aromatic nitrogens is 1. The lowest BCUT2D eigenvalue weighted by Gasteiger charge is -2.21. The number of hydrogen-bond acceptors (Lipinski definition) is 6. The van der Waals surface area contributed by atoms with Gasteiger partial charge in [0.2, 0.25) is 0 Å². The third-order valence-corrected chi connectivity index (χ3v) is 6.16. The Hall–Kier alpha value is -1.96. The summed E-state index contributed by atoms with van der Waals surface area (Å²) in [6.45, 7) is 9.72. The van der Waals surface area contributed by atoms with Crippen LogP contribution in [0.4, 0.5) is 0 Å². The summed E-state index contributed by atoms with van der Waals surface area (Å²) >= 11 is 3.39. The molecule has 0 bridgehead atoms. The molecular weight excluding hydrogens is 390 g/mol. The summed E-state index contributed by atoms with van der Waals surface area (Å²) in [5.41, 5.74) is 0.474. The Bertz CT molecular complexity index is 868. The number of carbonyl (C=O) groups excluding carboxylic acids is 1. The monoisotopic (exact) mass is 417 g/mol. The van der Waals surface area contributed by atoms with E-state index in [0.29, 0.717) is 18.2 Å². The van der Waals surface area contributed by atoms with E-state index < -0.39 is 0 Å². The van der Waals surface area contributed by atoms with Gasteiger partial charge in [-0.3, -0.25) is 9.69 Å². The Morgan fingerprint density at radius 3 is 2.82 bits per heavy atom. The van der Waals surface area contributed by atoms with Crippen molar-refractivity contribution in [3.63, 3.8) is 0 Å². The van der Waals surface area contributed by atoms with Crippen molar-refractivity contribution < 1.29 is 9.21 Å². The second-order valence-electron chi connectivity index (χ2n) is 7.29. The summed E-state index contributed by atoms with van der Waals surface area (Å²) < 4.78 is 5.24. The van der Waals surface area contributed by atoms with Gasteiger partial charge in [0.05, 0.1) is 19.4 Å². The number of nitrogens with zero attached hydrogens (tertiary/aromatic N) is 2. The molecule has 0 aliphatic heterocycles. The van der Waals surface area contributed by atoms with E-state index in [9.17, 15) is 4.79 Å². The fourth-order valence-corrected chi connectivity index (χ4v) is 4.54. The summed E-state index contributed by atoms with van der Waals surface area (Å²) in [6.07, 6.45) is 2.75. The van der Waals surface area contributed by atoms with E-state index in [4.69, 9.17) is 4.42 Å². The molecule has 0 fully saturated rings. The molecule has 7 heteroatoms. The number of thiophene rings is 1. The van der Waals surface area contributed by atoms with Crippen molar-refractivity contribution in [2.45, 2.75) is 46.8 Å². The lowest BCUT2D eigenvalue weighted by molar-refractivity contribution is 0.0943. The van der Waals surface area contributed by atoms with Crippen molar-refractivity contribution in [3.05, 3.63) is 62.1 Å². The number of rotatable bonds is 10. The molecule has 3 heterocycles. The first kappa shape index (κ1) is 20.8. The minimum Gasteiger partial charge on any atom is -0.467 e. The molecule has 1 amide bonds. The van der Waals surface area contributed by atoms with E-state index >= 15 is 0 Å². The molecule has 0 spiro atoms. The van der Waals surface area contributed by atoms with Gasteiger partial charge in [0, 0.05) is 21.7 Å². The predicted octanol–water partition coefficient (Wildman–Crippen LogP) is 5.08. The molecule has 3 rings (SSSR count). The van der Waals surface area contributed by atoms with Gasteiger partial charge >= 0.3 is 0 Å². The van der Waals surface area contributed by atoms with Crippen LogP contribution in [0.1, 0.15) is 51.3 Å². The lowest BCUT2D eigenvalue weighted by Crippen LogP contribution is -2.25. The van der Waals surface area contributed by atoms with Crippen molar-refractivity contribution >= 4 is 28.6 Å². The largest absolute Gasteiger partial charge is 0.467 e. The minimum absolute atomic E-state index is 0.165. The highest BCUT2D eigenvalue weighted by Crippen LogP contribution is 2.20. The number of aryl methyl sites for hydroxylation is 1. The molecule has 0 aliphatic rings. The molecule has 0 unspecified atom stereocenters. The van der Waals surface area contributed by atoms with Gasteiger partial charge < -0.3 is 9.73 Å². The van der Waals surface area contributed by atoms with E-state index in [1.54, 1.807) is 17.6 Å². The number of thiazole rings is 1. The van der Waals surface area contributed by atoms with Crippen LogP contribution in [0.5, 0.6) is 0 Å². The van der Waals surface area contributed by atoms with Gasteiger partial charge in [-0.2, -0.15) is 0 Å². The van der Waals surface area contributed by atoms with Gasteiger partial charge in [-0.05, 0) is 50.1 Å². The van der Waals surface area contributed by atoms with Crippen LogP contribution in [-0.4, -0.2) is 22.3 Å². The van der Waals surface area contributed by atoms with Gasteiger partial charge in [-0.1, -0.05) is 13.8 Å². The average Bonchev–Trinajstić information content (AvgIpc) is 3.40. The van der Waals surface area contributed by atoms with E-state index in [1.807, 2.05) is 28.8 Å². The smallest absolute Gasteiger partial charge is 0.271 e. The quantitative estimate of drug-likeness (QED) is 0.499. The summed E-state index contributed by atoms with van der Waals surface area (Å²) in [5.74, 6) is 1.23. The molecule has 0 aliphatic carbocycles. The molecule has 0 saturated heterocycles. The Morgan fingerprint density at radius 1 is 1.29 bits per heavy atom. The van der Waals surface area contributed by atoms with Crippen LogP contribution >= 0.6 is 22.7 Å². The first-order valence-electron chi connectivity index (χ1n) is 9.52. The SMILES string of the molecule is Cc1ccc(CN(CCC(C)C)Cc2nc(C(=O)NCc3ccco3)cs2)s1. The van der Waals surface area contributed by atoms with Gasteiger partial charge in [-0.25, -0.2) is 4.98 Å². The van der Waals surface area contributed by atoms with E-state index in [-0.39, 0.29) is 5.91 Å². The Labute approximate surface area is 174 Å². The normalized spacial score (nSPS) is 11.5. The number of hydrogen-bond donors (Lipinski definition) is 1. The highest BCUT2D eigenvalue weighted by Gasteiger charge is 2.15. The van der Waals surface area contributed by atoms with Crippen molar-refractivity contribution in [3.8, 4) is 0 Å². The molecule has 0 radical (unpaired) electrons. The van der Waals surface area contributed by atoms with Gasteiger partial charge in [0.1, 0.15) is 16.5 Å². The maximum absolute atomic E-state index is 12.3. The standard InChI is InChI=1S/C21H27N3O2S2/c1-15(2)8-9-24(12-18-7-6-16(3)28-18)13-20-23-19(14-27-20)21(25)22-11-17-5-4-10-26-17/h4-7,10,14-15H,8-9,11-13H2,1-3H3,(H,22,25). The first-order chi connectivity index (χ1) is 13.5. The van der Waals surface area contributed by atoms with Gasteiger partial charge in [0.15, 0.2) is 0 Å². The maximum atomic E-state index is 12.3. The third-order valence-electron chi connectivity index (χ3n) is 4.34. The summed E-state index contributed by atoms with van der Waals surface area (Å²) in [4.78, 5) is 22.0. The number of furan rings is 1. The minimum atomic E-state index is -0.165. The van der Waals surface area contributed by atoms with Crippen molar-refractivity contribution in [2.75, 3.05) is 6.54 Å². The van der Waals surface area contributed by atoms with Crippen molar-refractivity contribution in [1.29, 1.82) is 0 Å². The van der Waals surface area contributed by atoms with Crippen LogP contribution in [0.3, 0.4) is 0 Å². The number of carbonyl (C=O) groups is 1. The molecule has 5 nitrogen and oxygen atoms in total. The Balaban J connectivity index is 1.59. The highest BCUT2D eigenvalue weighted by molar-refractivity contribution is 7.11. The second kappa shape index (κ2) is 10.0. The lowest BCUT2D eigenvalue weighted by atomic mass is 10.1. The topological polar surface area (TPSA) is 58.4 Å². The van der Waals surface area contributed by atoms with Crippen molar-refractivity contribution in [1.82, 2.24) is 15.2 Å². The molecule has 150 valence electrons. The van der Waals surface area contributed by atoms with Gasteiger partial charge in [0.25, 0.3) is 5.91 Å². The van der Waals surface area contributed by atoms with Gasteiger partial charge in [-0.15, -0.1) is 22.7 Å². The molecule has 0 aromatic carbocycles. The van der Waals surface area contributed by atoms with Crippen molar-refractivity contribution in [2.24, 2.45) is 5.92 Å². The predicted molar refractivity (Wildman–Crippen MR) is 115 cm³/mol. The van der Waals surface area contributed by atoms with Crippen LogP contribution in [0.15, 0.2) is 40.3 Å². The summed E-state index contributed by atoms with van der Waals surface area (Å²) in [7, 11) is 0. The van der Waals surface area contributed by atoms with Crippen LogP contribution < -0.4 is 5.32 Å². The molecule has 0 saturated carbocycles. The highest BCUT2D eigenvalue weighted by atomic mass is 32.1. The van der Waals surface area contributed by atoms with Crippen LogP contribution in [0, 0.1) is 12.8 Å².